The highest BCUT2D eigenvalue weighted by molar-refractivity contribution is 7.91. The minimum atomic E-state index is -3.97. The Kier molecular flexibility index (Phi) is 6.53. The van der Waals surface area contributed by atoms with Crippen LogP contribution in [0.25, 0.3) is 0 Å². The van der Waals surface area contributed by atoms with Crippen LogP contribution in [0.5, 0.6) is 0 Å². The number of halogens is 2. The van der Waals surface area contributed by atoms with Crippen LogP contribution in [0.1, 0.15) is 17.5 Å². The van der Waals surface area contributed by atoms with Crippen molar-refractivity contribution in [2.24, 2.45) is 0 Å². The van der Waals surface area contributed by atoms with Crippen molar-refractivity contribution >= 4 is 61.8 Å². The van der Waals surface area contributed by atoms with Crippen molar-refractivity contribution in [2.45, 2.75) is 29.8 Å². The summed E-state index contributed by atoms with van der Waals surface area (Å²) in [4.78, 5) is 14.9. The molecule has 2 aromatic heterocycles. The molecule has 4 rings (SSSR count). The number of thiophene rings is 2. The summed E-state index contributed by atoms with van der Waals surface area (Å²) in [6.07, 6.45) is 0.432. The minimum Gasteiger partial charge on any atom is -0.337 e. The maximum absolute atomic E-state index is 13.5. The molecule has 0 aliphatic carbocycles. The first-order valence-electron chi connectivity index (χ1n) is 9.17. The maximum Gasteiger partial charge on any atom is 0.253 e. The summed E-state index contributed by atoms with van der Waals surface area (Å²) in [5.41, 5.74) is 1.85. The van der Waals surface area contributed by atoms with Gasteiger partial charge in [-0.05, 0) is 40.4 Å². The molecule has 1 amide bonds. The Hall–Kier alpha value is -1.42. The third-order valence-electron chi connectivity index (χ3n) is 4.94. The summed E-state index contributed by atoms with van der Waals surface area (Å²) in [5.74, 6) is -0.186. The van der Waals surface area contributed by atoms with Crippen molar-refractivity contribution in [3.05, 3.63) is 73.7 Å². The molecule has 0 saturated carbocycles. The van der Waals surface area contributed by atoms with Gasteiger partial charge in [0, 0.05) is 19.6 Å². The number of likely N-dealkylation sites (tertiary alicyclic amines) is 1. The lowest BCUT2D eigenvalue weighted by atomic mass is 10.2. The van der Waals surface area contributed by atoms with Gasteiger partial charge in [-0.1, -0.05) is 53.5 Å². The number of benzene rings is 1. The SMILES string of the molecule is O=C1[C@@H](N(Cc2ccccc2)S(=O)(=O)c2cc(Cl)c(Cl)s2)CCN1Cc1ccsc1. The number of carbonyl (C=O) groups excluding carboxylic acids is 1. The van der Waals surface area contributed by atoms with Crippen molar-refractivity contribution in [2.75, 3.05) is 6.54 Å². The van der Waals surface area contributed by atoms with Crippen LogP contribution in [0, 0.1) is 0 Å². The van der Waals surface area contributed by atoms with Crippen LogP contribution in [0.4, 0.5) is 0 Å². The molecule has 3 heterocycles. The van der Waals surface area contributed by atoms with E-state index in [2.05, 4.69) is 0 Å². The molecule has 0 spiro atoms. The highest BCUT2D eigenvalue weighted by Crippen LogP contribution is 2.37. The Bertz CT molecular complexity index is 1110. The van der Waals surface area contributed by atoms with E-state index in [0.717, 1.165) is 22.5 Å². The number of carbonyl (C=O) groups is 1. The Morgan fingerprint density at radius 2 is 1.90 bits per heavy atom. The first-order chi connectivity index (χ1) is 14.4. The van der Waals surface area contributed by atoms with Crippen LogP contribution in [0.3, 0.4) is 0 Å². The second-order valence-corrected chi connectivity index (χ2v) is 11.9. The van der Waals surface area contributed by atoms with Gasteiger partial charge in [-0.15, -0.1) is 11.3 Å². The normalized spacial score (nSPS) is 17.2. The van der Waals surface area contributed by atoms with Gasteiger partial charge in [-0.3, -0.25) is 4.79 Å². The fraction of sp³-hybridized carbons (Fsp3) is 0.250. The number of amides is 1. The van der Waals surface area contributed by atoms with Gasteiger partial charge in [-0.2, -0.15) is 15.6 Å². The fourth-order valence-corrected chi connectivity index (χ4v) is 7.72. The molecule has 5 nitrogen and oxygen atoms in total. The third kappa shape index (κ3) is 4.44. The second kappa shape index (κ2) is 8.98. The Balaban J connectivity index is 1.66. The highest BCUT2D eigenvalue weighted by atomic mass is 35.5. The zero-order valence-corrected chi connectivity index (χ0v) is 19.7. The summed E-state index contributed by atoms with van der Waals surface area (Å²) < 4.78 is 28.6. The third-order valence-corrected chi connectivity index (χ3v) is 9.84. The lowest BCUT2D eigenvalue weighted by molar-refractivity contribution is -0.131. The smallest absolute Gasteiger partial charge is 0.253 e. The van der Waals surface area contributed by atoms with Crippen molar-refractivity contribution in [3.8, 4) is 0 Å². The van der Waals surface area contributed by atoms with Gasteiger partial charge >= 0.3 is 0 Å². The Morgan fingerprint density at radius 3 is 2.53 bits per heavy atom. The number of nitrogens with zero attached hydrogens (tertiary/aromatic N) is 2. The van der Waals surface area contributed by atoms with Crippen LogP contribution in [-0.2, 0) is 27.9 Å². The molecule has 0 bridgehead atoms. The molecule has 1 aliphatic heterocycles. The van der Waals surface area contributed by atoms with Crippen LogP contribution in [-0.4, -0.2) is 36.1 Å². The van der Waals surface area contributed by atoms with Crippen LogP contribution in [0.2, 0.25) is 9.36 Å². The molecule has 1 fully saturated rings. The highest BCUT2D eigenvalue weighted by Gasteiger charge is 2.42. The molecule has 0 N–H and O–H groups in total. The molecular weight excluding hydrogens is 483 g/mol. The van der Waals surface area contributed by atoms with Crippen molar-refractivity contribution in [1.29, 1.82) is 0 Å². The lowest BCUT2D eigenvalue weighted by Crippen LogP contribution is -2.44. The van der Waals surface area contributed by atoms with E-state index in [4.69, 9.17) is 23.2 Å². The van der Waals surface area contributed by atoms with Crippen LogP contribution < -0.4 is 0 Å². The minimum absolute atomic E-state index is 0.0394. The van der Waals surface area contributed by atoms with Gasteiger partial charge < -0.3 is 4.90 Å². The molecule has 0 radical (unpaired) electrons. The van der Waals surface area contributed by atoms with Crippen molar-refractivity contribution in [1.82, 2.24) is 9.21 Å². The molecule has 1 saturated heterocycles. The molecule has 10 heteroatoms. The van der Waals surface area contributed by atoms with E-state index in [1.165, 1.54) is 10.4 Å². The van der Waals surface area contributed by atoms with Crippen molar-refractivity contribution < 1.29 is 13.2 Å². The molecule has 158 valence electrons. The van der Waals surface area contributed by atoms with E-state index in [1.807, 2.05) is 47.2 Å². The number of hydrogen-bond acceptors (Lipinski definition) is 5. The van der Waals surface area contributed by atoms with Gasteiger partial charge in [0.1, 0.15) is 14.6 Å². The topological polar surface area (TPSA) is 57.7 Å². The average molecular weight is 501 g/mol. The van der Waals surface area contributed by atoms with E-state index in [-0.39, 0.29) is 26.0 Å². The van der Waals surface area contributed by atoms with Crippen molar-refractivity contribution in [3.63, 3.8) is 0 Å². The Morgan fingerprint density at radius 1 is 1.13 bits per heavy atom. The van der Waals surface area contributed by atoms with E-state index in [9.17, 15) is 13.2 Å². The molecule has 1 aliphatic rings. The van der Waals surface area contributed by atoms with Crippen LogP contribution >= 0.6 is 45.9 Å². The van der Waals surface area contributed by atoms with Gasteiger partial charge in [0.15, 0.2) is 0 Å². The maximum atomic E-state index is 13.5. The van der Waals surface area contributed by atoms with Gasteiger partial charge in [0.05, 0.1) is 5.02 Å². The predicted molar refractivity (Wildman–Crippen MR) is 122 cm³/mol. The summed E-state index contributed by atoms with van der Waals surface area (Å²) >= 11 is 14.5. The fourth-order valence-electron chi connectivity index (χ4n) is 3.45. The largest absolute Gasteiger partial charge is 0.337 e. The number of rotatable bonds is 7. The quantitative estimate of drug-likeness (QED) is 0.452. The first kappa shape index (κ1) is 21.8. The molecule has 1 aromatic carbocycles. The first-order valence-corrected chi connectivity index (χ1v) is 13.1. The monoisotopic (exact) mass is 500 g/mol. The average Bonchev–Trinajstić information content (AvgIpc) is 3.44. The summed E-state index contributed by atoms with van der Waals surface area (Å²) in [5, 5.41) is 4.15. The second-order valence-electron chi connectivity index (χ2n) is 6.92. The summed E-state index contributed by atoms with van der Waals surface area (Å²) in [6.45, 7) is 1.08. The van der Waals surface area contributed by atoms with E-state index in [0.29, 0.717) is 19.5 Å². The van der Waals surface area contributed by atoms with E-state index in [1.54, 1.807) is 16.2 Å². The van der Waals surface area contributed by atoms with E-state index >= 15 is 0 Å². The van der Waals surface area contributed by atoms with Gasteiger partial charge in [0.25, 0.3) is 10.0 Å². The molecule has 1 atom stereocenters. The molecule has 3 aromatic rings. The lowest BCUT2D eigenvalue weighted by Gasteiger charge is -2.27. The molecular formula is C20H18Cl2N2O3S3. The van der Waals surface area contributed by atoms with E-state index < -0.39 is 16.1 Å². The van der Waals surface area contributed by atoms with Gasteiger partial charge in [-0.25, -0.2) is 8.42 Å². The molecule has 0 unspecified atom stereocenters. The standard InChI is InChI=1S/C20H18Cl2N2O3S3/c21-16-10-18(29-19(16)22)30(26,27)24(12-14-4-2-1-3-5-14)17-6-8-23(20(17)25)11-15-7-9-28-13-15/h1-5,7,9-10,13,17H,6,8,11-12H2/t17-/m0/s1. The number of hydrogen-bond donors (Lipinski definition) is 0. The Labute approximate surface area is 193 Å². The van der Waals surface area contributed by atoms with Crippen LogP contribution in [0.15, 0.2) is 57.4 Å². The predicted octanol–water partition coefficient (Wildman–Crippen LogP) is 5.11. The molecule has 30 heavy (non-hydrogen) atoms. The summed E-state index contributed by atoms with van der Waals surface area (Å²) in [6, 6.07) is 11.8. The summed E-state index contributed by atoms with van der Waals surface area (Å²) in [7, 11) is -3.97. The van der Waals surface area contributed by atoms with Gasteiger partial charge in [0.2, 0.25) is 5.91 Å². The number of sulfonamides is 1. The zero-order valence-electron chi connectivity index (χ0n) is 15.7. The zero-order chi connectivity index (χ0) is 21.3.